The number of amides is 1. The van der Waals surface area contributed by atoms with E-state index in [2.05, 4.69) is 37.8 Å². The largest absolute Gasteiger partial charge is 0.354 e. The van der Waals surface area contributed by atoms with Gasteiger partial charge in [0, 0.05) is 64.0 Å². The van der Waals surface area contributed by atoms with Gasteiger partial charge in [0.05, 0.1) is 0 Å². The molecule has 0 radical (unpaired) electrons. The van der Waals surface area contributed by atoms with Crippen molar-refractivity contribution in [2.45, 2.75) is 6.92 Å². The van der Waals surface area contributed by atoms with Gasteiger partial charge in [-0.15, -0.1) is 0 Å². The number of hydrogen-bond acceptors (Lipinski definition) is 6. The van der Waals surface area contributed by atoms with Crippen molar-refractivity contribution in [1.82, 2.24) is 19.8 Å². The van der Waals surface area contributed by atoms with Crippen LogP contribution in [-0.4, -0.2) is 85.1 Å². The van der Waals surface area contributed by atoms with Crippen molar-refractivity contribution < 1.29 is 9.18 Å². The number of halogens is 1. The molecule has 0 spiro atoms. The van der Waals surface area contributed by atoms with Crippen molar-refractivity contribution in [3.05, 3.63) is 47.5 Å². The number of hydrogen-bond donors (Lipinski definition) is 0. The van der Waals surface area contributed by atoms with Crippen LogP contribution in [0.15, 0.2) is 30.3 Å². The Morgan fingerprint density at radius 1 is 0.862 bits per heavy atom. The third kappa shape index (κ3) is 4.48. The number of anilines is 2. The fourth-order valence-corrected chi connectivity index (χ4v) is 3.81. The lowest BCUT2D eigenvalue weighted by molar-refractivity contribution is 0.0746. The molecule has 1 aromatic heterocycles. The summed E-state index contributed by atoms with van der Waals surface area (Å²) >= 11 is 0. The Morgan fingerprint density at radius 2 is 1.38 bits per heavy atom. The molecule has 4 rings (SSSR count). The highest BCUT2D eigenvalue weighted by Gasteiger charge is 2.24. The molecule has 2 aliphatic rings. The summed E-state index contributed by atoms with van der Waals surface area (Å²) in [5, 5.41) is 0. The van der Waals surface area contributed by atoms with E-state index in [1.165, 1.54) is 12.1 Å². The molecule has 2 aliphatic heterocycles. The molecule has 1 amide bonds. The average molecular weight is 398 g/mol. The van der Waals surface area contributed by atoms with Crippen LogP contribution >= 0.6 is 0 Å². The second-order valence-electron chi connectivity index (χ2n) is 7.71. The third-order valence-corrected chi connectivity index (χ3v) is 5.62. The van der Waals surface area contributed by atoms with E-state index in [-0.39, 0.29) is 11.7 Å². The summed E-state index contributed by atoms with van der Waals surface area (Å²) in [6.45, 7) is 8.57. The SMILES string of the molecule is Cc1nc(N2CCN(C)CC2)cc(N2CCN(C(=O)c3ccc(F)cc3)CC2)n1. The van der Waals surface area contributed by atoms with Crippen LogP contribution in [0.5, 0.6) is 0 Å². The molecule has 0 atom stereocenters. The highest BCUT2D eigenvalue weighted by molar-refractivity contribution is 5.94. The maximum absolute atomic E-state index is 13.1. The van der Waals surface area contributed by atoms with E-state index < -0.39 is 0 Å². The molecular weight excluding hydrogens is 371 g/mol. The summed E-state index contributed by atoms with van der Waals surface area (Å²) in [7, 11) is 2.14. The van der Waals surface area contributed by atoms with Crippen LogP contribution in [0, 0.1) is 12.7 Å². The van der Waals surface area contributed by atoms with Gasteiger partial charge in [0.1, 0.15) is 23.3 Å². The van der Waals surface area contributed by atoms with Gasteiger partial charge in [0.25, 0.3) is 5.91 Å². The molecule has 2 saturated heterocycles. The molecule has 8 heteroatoms. The summed E-state index contributed by atoms with van der Waals surface area (Å²) in [5.41, 5.74) is 0.523. The first-order valence-electron chi connectivity index (χ1n) is 10.1. The van der Waals surface area contributed by atoms with Crippen LogP contribution in [0.4, 0.5) is 16.0 Å². The molecule has 3 heterocycles. The van der Waals surface area contributed by atoms with Gasteiger partial charge in [0.2, 0.25) is 0 Å². The molecule has 7 nitrogen and oxygen atoms in total. The summed E-state index contributed by atoms with van der Waals surface area (Å²) in [6, 6.07) is 7.80. The van der Waals surface area contributed by atoms with E-state index in [1.807, 2.05) is 11.8 Å². The van der Waals surface area contributed by atoms with Gasteiger partial charge in [-0.2, -0.15) is 0 Å². The Morgan fingerprint density at radius 3 is 1.93 bits per heavy atom. The highest BCUT2D eigenvalue weighted by atomic mass is 19.1. The minimum Gasteiger partial charge on any atom is -0.354 e. The standard InChI is InChI=1S/C21H27FN6O/c1-16-23-19(26-9-7-25(2)8-10-26)15-20(24-16)27-11-13-28(14-12-27)21(29)17-3-5-18(22)6-4-17/h3-6,15H,7-14H2,1-2H3. The third-order valence-electron chi connectivity index (χ3n) is 5.62. The number of carbonyl (C=O) groups is 1. The van der Waals surface area contributed by atoms with Crippen LogP contribution in [0.25, 0.3) is 0 Å². The zero-order chi connectivity index (χ0) is 20.4. The monoisotopic (exact) mass is 398 g/mol. The molecule has 0 aliphatic carbocycles. The van der Waals surface area contributed by atoms with E-state index in [0.29, 0.717) is 31.7 Å². The summed E-state index contributed by atoms with van der Waals surface area (Å²) in [5.74, 6) is 2.27. The zero-order valence-electron chi connectivity index (χ0n) is 17.0. The molecule has 29 heavy (non-hydrogen) atoms. The topological polar surface area (TPSA) is 55.8 Å². The fourth-order valence-electron chi connectivity index (χ4n) is 3.81. The molecule has 0 bridgehead atoms. The van der Waals surface area contributed by atoms with Crippen molar-refractivity contribution in [3.63, 3.8) is 0 Å². The van der Waals surface area contributed by atoms with Crippen LogP contribution in [-0.2, 0) is 0 Å². The molecule has 0 N–H and O–H groups in total. The Bertz CT molecular complexity index is 858. The summed E-state index contributed by atoms with van der Waals surface area (Å²) in [6.07, 6.45) is 0. The van der Waals surface area contributed by atoms with Crippen molar-refractivity contribution in [2.24, 2.45) is 0 Å². The van der Waals surface area contributed by atoms with E-state index in [0.717, 1.165) is 43.6 Å². The van der Waals surface area contributed by atoms with Crippen molar-refractivity contribution in [1.29, 1.82) is 0 Å². The van der Waals surface area contributed by atoms with Gasteiger partial charge < -0.3 is 19.6 Å². The van der Waals surface area contributed by atoms with Crippen molar-refractivity contribution >= 4 is 17.5 Å². The quantitative estimate of drug-likeness (QED) is 0.784. The highest BCUT2D eigenvalue weighted by Crippen LogP contribution is 2.22. The van der Waals surface area contributed by atoms with E-state index in [1.54, 1.807) is 12.1 Å². The second kappa shape index (κ2) is 8.32. The van der Waals surface area contributed by atoms with Crippen molar-refractivity contribution in [2.75, 3.05) is 69.2 Å². The number of benzene rings is 1. The minimum atomic E-state index is -0.332. The maximum atomic E-state index is 13.1. The Balaban J connectivity index is 1.41. The number of aryl methyl sites for hydroxylation is 1. The van der Waals surface area contributed by atoms with Crippen LogP contribution in [0.2, 0.25) is 0 Å². The lowest BCUT2D eigenvalue weighted by Gasteiger charge is -2.37. The van der Waals surface area contributed by atoms with Gasteiger partial charge in [0.15, 0.2) is 0 Å². The van der Waals surface area contributed by atoms with E-state index in [9.17, 15) is 9.18 Å². The van der Waals surface area contributed by atoms with Crippen LogP contribution in [0.1, 0.15) is 16.2 Å². The second-order valence-corrected chi connectivity index (χ2v) is 7.71. The number of aromatic nitrogens is 2. The fraction of sp³-hybridized carbons (Fsp3) is 0.476. The normalized spacial score (nSPS) is 18.2. The minimum absolute atomic E-state index is 0.0540. The van der Waals surface area contributed by atoms with Gasteiger partial charge in [-0.3, -0.25) is 4.79 Å². The van der Waals surface area contributed by atoms with E-state index >= 15 is 0 Å². The first-order chi connectivity index (χ1) is 14.0. The number of carbonyl (C=O) groups excluding carboxylic acids is 1. The van der Waals surface area contributed by atoms with Crippen molar-refractivity contribution in [3.8, 4) is 0 Å². The molecule has 154 valence electrons. The van der Waals surface area contributed by atoms with Gasteiger partial charge in [-0.1, -0.05) is 0 Å². The summed E-state index contributed by atoms with van der Waals surface area (Å²) in [4.78, 5) is 30.6. The molecule has 2 aromatic rings. The lowest BCUT2D eigenvalue weighted by atomic mass is 10.2. The predicted molar refractivity (Wildman–Crippen MR) is 111 cm³/mol. The number of piperazine rings is 2. The number of likely N-dealkylation sites (N-methyl/N-ethyl adjacent to an activating group) is 1. The first kappa shape index (κ1) is 19.6. The Hall–Kier alpha value is -2.74. The molecule has 0 saturated carbocycles. The molecule has 1 aromatic carbocycles. The number of rotatable bonds is 3. The first-order valence-corrected chi connectivity index (χ1v) is 10.1. The van der Waals surface area contributed by atoms with Crippen LogP contribution in [0.3, 0.4) is 0 Å². The average Bonchev–Trinajstić information content (AvgIpc) is 2.74. The van der Waals surface area contributed by atoms with Crippen LogP contribution < -0.4 is 9.80 Å². The van der Waals surface area contributed by atoms with Gasteiger partial charge in [-0.25, -0.2) is 14.4 Å². The molecular formula is C21H27FN6O. The summed E-state index contributed by atoms with van der Waals surface area (Å²) < 4.78 is 13.1. The number of nitrogens with zero attached hydrogens (tertiary/aromatic N) is 6. The van der Waals surface area contributed by atoms with Gasteiger partial charge >= 0.3 is 0 Å². The lowest BCUT2D eigenvalue weighted by Crippen LogP contribution is -2.49. The maximum Gasteiger partial charge on any atom is 0.253 e. The smallest absolute Gasteiger partial charge is 0.253 e. The molecule has 0 unspecified atom stereocenters. The Kier molecular flexibility index (Phi) is 5.62. The predicted octanol–water partition coefficient (Wildman–Crippen LogP) is 1.64. The van der Waals surface area contributed by atoms with Gasteiger partial charge in [-0.05, 0) is 38.2 Å². The molecule has 2 fully saturated rings. The van der Waals surface area contributed by atoms with E-state index in [4.69, 9.17) is 0 Å². The zero-order valence-corrected chi connectivity index (χ0v) is 17.0. The Labute approximate surface area is 170 Å².